The molecule has 0 bridgehead atoms. The number of halogens is 1. The second-order valence-corrected chi connectivity index (χ2v) is 8.80. The quantitative estimate of drug-likeness (QED) is 0.865. The summed E-state index contributed by atoms with van der Waals surface area (Å²) in [4.78, 5) is 13.6. The zero-order valence-electron chi connectivity index (χ0n) is 13.5. The van der Waals surface area contributed by atoms with Crippen LogP contribution in [-0.2, 0) is 21.4 Å². The normalized spacial score (nSPS) is 18.8. The first kappa shape index (κ1) is 18.0. The summed E-state index contributed by atoms with van der Waals surface area (Å²) in [5.74, 6) is -0.790. The van der Waals surface area contributed by atoms with Crippen LogP contribution in [-0.4, -0.2) is 31.2 Å². The predicted octanol–water partition coefficient (Wildman–Crippen LogP) is 2.75. The molecule has 2 aromatic rings. The Labute approximate surface area is 150 Å². The van der Waals surface area contributed by atoms with E-state index in [9.17, 15) is 17.6 Å². The van der Waals surface area contributed by atoms with Gasteiger partial charge in [-0.2, -0.15) is 4.31 Å². The smallest absolute Gasteiger partial charge is 0.243 e. The third-order valence-corrected chi connectivity index (χ3v) is 6.99. The van der Waals surface area contributed by atoms with Crippen molar-refractivity contribution in [3.63, 3.8) is 0 Å². The largest absolute Gasteiger partial charge is 0.350 e. The average Bonchev–Trinajstić information content (AvgIpc) is 3.13. The molecule has 2 heterocycles. The van der Waals surface area contributed by atoms with Gasteiger partial charge < -0.3 is 5.32 Å². The van der Waals surface area contributed by atoms with Gasteiger partial charge in [0.05, 0.1) is 11.4 Å². The monoisotopic (exact) mass is 382 g/mol. The summed E-state index contributed by atoms with van der Waals surface area (Å²) in [6.07, 6.45) is 1.98. The zero-order chi connectivity index (χ0) is 17.9. The molecule has 8 heteroatoms. The van der Waals surface area contributed by atoms with Crippen LogP contribution in [0.5, 0.6) is 0 Å². The molecule has 0 aliphatic carbocycles. The molecule has 1 aliphatic heterocycles. The van der Waals surface area contributed by atoms with E-state index in [4.69, 9.17) is 0 Å². The molecule has 1 amide bonds. The Balaban J connectivity index is 1.77. The van der Waals surface area contributed by atoms with Crippen LogP contribution in [0.25, 0.3) is 0 Å². The molecule has 1 aliphatic rings. The van der Waals surface area contributed by atoms with Crippen molar-refractivity contribution in [1.29, 1.82) is 0 Å². The third kappa shape index (κ3) is 4.08. The number of thiophene rings is 1. The lowest BCUT2D eigenvalue weighted by molar-refractivity contribution is -0.125. The molecule has 0 spiro atoms. The van der Waals surface area contributed by atoms with Crippen molar-refractivity contribution < 1.29 is 17.6 Å². The predicted molar refractivity (Wildman–Crippen MR) is 94.1 cm³/mol. The molecule has 0 radical (unpaired) electrons. The van der Waals surface area contributed by atoms with Gasteiger partial charge >= 0.3 is 0 Å². The van der Waals surface area contributed by atoms with Crippen LogP contribution in [0, 0.1) is 5.82 Å². The highest BCUT2D eigenvalue weighted by atomic mass is 32.2. The Bertz CT molecular complexity index is 820. The van der Waals surface area contributed by atoms with Gasteiger partial charge in [-0.15, -0.1) is 11.3 Å². The Hall–Kier alpha value is -1.77. The van der Waals surface area contributed by atoms with Gasteiger partial charge in [-0.25, -0.2) is 12.8 Å². The molecular formula is C17H19FN2O3S2. The van der Waals surface area contributed by atoms with E-state index in [1.54, 1.807) is 0 Å². The maximum Gasteiger partial charge on any atom is 0.243 e. The molecule has 134 valence electrons. The van der Waals surface area contributed by atoms with E-state index in [0.717, 1.165) is 23.4 Å². The summed E-state index contributed by atoms with van der Waals surface area (Å²) in [6, 6.07) is 7.78. The molecule has 1 fully saturated rings. The first-order valence-corrected chi connectivity index (χ1v) is 10.4. The first-order valence-electron chi connectivity index (χ1n) is 8.06. The highest BCUT2D eigenvalue weighted by Gasteiger charge is 2.37. The van der Waals surface area contributed by atoms with Crippen molar-refractivity contribution >= 4 is 27.3 Å². The van der Waals surface area contributed by atoms with Crippen LogP contribution in [0.3, 0.4) is 0 Å². The van der Waals surface area contributed by atoms with Crippen LogP contribution in [0.2, 0.25) is 0 Å². The lowest BCUT2D eigenvalue weighted by Gasteiger charge is -2.33. The summed E-state index contributed by atoms with van der Waals surface area (Å²) >= 11 is 1.53. The van der Waals surface area contributed by atoms with E-state index in [1.807, 2.05) is 17.5 Å². The van der Waals surface area contributed by atoms with Gasteiger partial charge in [0.1, 0.15) is 11.9 Å². The number of nitrogens with zero attached hydrogens (tertiary/aromatic N) is 1. The van der Waals surface area contributed by atoms with E-state index in [1.165, 1.54) is 27.8 Å². The molecular weight excluding hydrogens is 363 g/mol. The topological polar surface area (TPSA) is 66.5 Å². The maximum absolute atomic E-state index is 13.1. The first-order chi connectivity index (χ1) is 12.0. The molecule has 0 unspecified atom stereocenters. The highest BCUT2D eigenvalue weighted by molar-refractivity contribution is 7.89. The summed E-state index contributed by atoms with van der Waals surface area (Å²) < 4.78 is 40.1. The number of carbonyl (C=O) groups excluding carboxylic acids is 1. The van der Waals surface area contributed by atoms with Gasteiger partial charge in [0.25, 0.3) is 0 Å². The third-order valence-electron chi connectivity index (χ3n) is 4.19. The number of rotatable bonds is 5. The van der Waals surface area contributed by atoms with Gasteiger partial charge in [0.2, 0.25) is 15.9 Å². The summed E-state index contributed by atoms with van der Waals surface area (Å²) in [6.45, 7) is 0.675. The standard InChI is InChI=1S/C17H19FN2O3S2/c18-13-6-8-15(9-7-13)25(22,23)20-10-2-1-5-16(20)17(21)19-12-14-4-3-11-24-14/h3-4,6-9,11,16H,1-2,5,10,12H2,(H,19,21)/t16-/m0/s1. The molecule has 5 nitrogen and oxygen atoms in total. The fraction of sp³-hybridized carbons (Fsp3) is 0.353. The maximum atomic E-state index is 13.1. The number of hydrogen-bond donors (Lipinski definition) is 1. The van der Waals surface area contributed by atoms with Gasteiger partial charge in [-0.1, -0.05) is 12.5 Å². The fourth-order valence-electron chi connectivity index (χ4n) is 2.90. The average molecular weight is 382 g/mol. The molecule has 1 saturated heterocycles. The van der Waals surface area contributed by atoms with Crippen LogP contribution >= 0.6 is 11.3 Å². The Morgan fingerprint density at radius 1 is 1.24 bits per heavy atom. The van der Waals surface area contributed by atoms with Crippen molar-refractivity contribution in [2.24, 2.45) is 0 Å². The summed E-state index contributed by atoms with van der Waals surface area (Å²) in [5.41, 5.74) is 0. The minimum absolute atomic E-state index is 0.00635. The summed E-state index contributed by atoms with van der Waals surface area (Å²) in [5, 5.41) is 4.75. The molecule has 25 heavy (non-hydrogen) atoms. The number of carbonyl (C=O) groups is 1. The molecule has 1 aromatic carbocycles. The van der Waals surface area contributed by atoms with Gasteiger partial charge in [-0.3, -0.25) is 4.79 Å². The Morgan fingerprint density at radius 3 is 2.68 bits per heavy atom. The van der Waals surface area contributed by atoms with Crippen molar-refractivity contribution in [2.45, 2.75) is 36.7 Å². The van der Waals surface area contributed by atoms with Crippen LogP contribution in [0.4, 0.5) is 4.39 Å². The highest BCUT2D eigenvalue weighted by Crippen LogP contribution is 2.26. The van der Waals surface area contributed by atoms with Crippen LogP contribution in [0.1, 0.15) is 24.1 Å². The molecule has 0 saturated carbocycles. The van der Waals surface area contributed by atoms with Crippen molar-refractivity contribution in [3.05, 3.63) is 52.5 Å². The molecule has 1 N–H and O–H groups in total. The van der Waals surface area contributed by atoms with Gasteiger partial charge in [-0.05, 0) is 48.6 Å². The fourth-order valence-corrected chi connectivity index (χ4v) is 5.20. The van der Waals surface area contributed by atoms with E-state index in [-0.39, 0.29) is 17.3 Å². The van der Waals surface area contributed by atoms with Crippen LogP contribution in [0.15, 0.2) is 46.7 Å². The lowest BCUT2D eigenvalue weighted by atomic mass is 10.0. The van der Waals surface area contributed by atoms with E-state index >= 15 is 0 Å². The second kappa shape index (κ2) is 7.63. The lowest BCUT2D eigenvalue weighted by Crippen LogP contribution is -2.51. The van der Waals surface area contributed by atoms with E-state index in [2.05, 4.69) is 5.32 Å². The van der Waals surface area contributed by atoms with Crippen molar-refractivity contribution in [1.82, 2.24) is 9.62 Å². The number of hydrogen-bond acceptors (Lipinski definition) is 4. The zero-order valence-corrected chi connectivity index (χ0v) is 15.2. The van der Waals surface area contributed by atoms with Crippen molar-refractivity contribution in [3.8, 4) is 0 Å². The van der Waals surface area contributed by atoms with Crippen molar-refractivity contribution in [2.75, 3.05) is 6.54 Å². The van der Waals surface area contributed by atoms with E-state index < -0.39 is 21.9 Å². The number of benzene rings is 1. The number of amides is 1. The molecule has 1 aromatic heterocycles. The molecule has 3 rings (SSSR count). The van der Waals surface area contributed by atoms with Crippen LogP contribution < -0.4 is 5.32 Å². The van der Waals surface area contributed by atoms with E-state index in [0.29, 0.717) is 19.4 Å². The minimum Gasteiger partial charge on any atom is -0.350 e. The summed E-state index contributed by atoms with van der Waals surface area (Å²) in [7, 11) is -3.84. The number of sulfonamides is 1. The minimum atomic E-state index is -3.84. The second-order valence-electron chi connectivity index (χ2n) is 5.88. The number of piperidine rings is 1. The Kier molecular flexibility index (Phi) is 5.51. The Morgan fingerprint density at radius 2 is 2.00 bits per heavy atom. The number of nitrogens with one attached hydrogen (secondary N) is 1. The molecule has 1 atom stereocenters. The van der Waals surface area contributed by atoms with Gasteiger partial charge in [0.15, 0.2) is 0 Å². The SMILES string of the molecule is O=C(NCc1cccs1)[C@@H]1CCCCN1S(=O)(=O)c1ccc(F)cc1. The van der Waals surface area contributed by atoms with Gasteiger partial charge in [0, 0.05) is 11.4 Å².